The van der Waals surface area contributed by atoms with Gasteiger partial charge in [0, 0.05) is 5.56 Å². The molecule has 0 heterocycles. The highest BCUT2D eigenvalue weighted by Gasteiger charge is 2.18. The predicted octanol–water partition coefficient (Wildman–Crippen LogP) is 4.68. The van der Waals surface area contributed by atoms with Gasteiger partial charge < -0.3 is 5.32 Å². The van der Waals surface area contributed by atoms with Gasteiger partial charge in [-0.2, -0.15) is 0 Å². The molecule has 150 valence electrons. The van der Waals surface area contributed by atoms with Crippen LogP contribution in [0.5, 0.6) is 0 Å². The van der Waals surface area contributed by atoms with Crippen molar-refractivity contribution in [2.75, 3.05) is 4.72 Å². The molecule has 0 aromatic heterocycles. The van der Waals surface area contributed by atoms with Crippen molar-refractivity contribution in [3.05, 3.63) is 95.6 Å². The van der Waals surface area contributed by atoms with Gasteiger partial charge in [0.25, 0.3) is 15.9 Å². The topological polar surface area (TPSA) is 75.3 Å². The largest absolute Gasteiger partial charge is 0.345 e. The molecule has 5 nitrogen and oxygen atoms in total. The summed E-state index contributed by atoms with van der Waals surface area (Å²) >= 11 is 0. The van der Waals surface area contributed by atoms with Gasteiger partial charge in [-0.25, -0.2) is 8.42 Å². The number of benzene rings is 3. The van der Waals surface area contributed by atoms with E-state index in [0.29, 0.717) is 11.3 Å². The maximum atomic E-state index is 12.8. The summed E-state index contributed by atoms with van der Waals surface area (Å²) in [6.07, 6.45) is 0.745. The van der Waals surface area contributed by atoms with Crippen LogP contribution in [0.25, 0.3) is 0 Å². The molecule has 2 N–H and O–H groups in total. The van der Waals surface area contributed by atoms with Crippen molar-refractivity contribution in [3.8, 4) is 0 Å². The lowest BCUT2D eigenvalue weighted by Crippen LogP contribution is -2.28. The van der Waals surface area contributed by atoms with Gasteiger partial charge in [-0.3, -0.25) is 9.52 Å². The third-order valence-corrected chi connectivity index (χ3v) is 6.09. The number of carbonyl (C=O) groups excluding carboxylic acids is 1. The molecule has 29 heavy (non-hydrogen) atoms. The van der Waals surface area contributed by atoms with E-state index in [2.05, 4.69) is 10.0 Å². The minimum Gasteiger partial charge on any atom is -0.345 e. The van der Waals surface area contributed by atoms with Crippen molar-refractivity contribution in [2.24, 2.45) is 0 Å². The standard InChI is InChI=1S/C23H24N2O3S/c1-3-21(18-10-6-4-7-11-18)24-23(26)19-15-14-17(2)22(16-19)25-29(27,28)20-12-8-5-9-13-20/h4-16,21,25H,3H2,1-2H3,(H,24,26). The lowest BCUT2D eigenvalue weighted by atomic mass is 10.0. The third kappa shape index (κ3) is 5.03. The summed E-state index contributed by atoms with van der Waals surface area (Å²) < 4.78 is 27.9. The Hall–Kier alpha value is -3.12. The monoisotopic (exact) mass is 408 g/mol. The quantitative estimate of drug-likeness (QED) is 0.596. The summed E-state index contributed by atoms with van der Waals surface area (Å²) in [6.45, 7) is 3.80. The van der Waals surface area contributed by atoms with Gasteiger partial charge in [0.15, 0.2) is 0 Å². The fourth-order valence-electron chi connectivity index (χ4n) is 3.02. The van der Waals surface area contributed by atoms with E-state index in [4.69, 9.17) is 0 Å². The van der Waals surface area contributed by atoms with Crippen LogP contribution in [0.4, 0.5) is 5.69 Å². The molecule has 3 aromatic rings. The van der Waals surface area contributed by atoms with E-state index in [0.717, 1.165) is 17.5 Å². The van der Waals surface area contributed by atoms with Gasteiger partial charge >= 0.3 is 0 Å². The summed E-state index contributed by atoms with van der Waals surface area (Å²) in [5.74, 6) is -0.249. The van der Waals surface area contributed by atoms with E-state index in [9.17, 15) is 13.2 Å². The van der Waals surface area contributed by atoms with Crippen LogP contribution >= 0.6 is 0 Å². The molecule has 0 aliphatic heterocycles. The Morgan fingerprint density at radius 2 is 1.55 bits per heavy atom. The zero-order valence-corrected chi connectivity index (χ0v) is 17.2. The van der Waals surface area contributed by atoms with Gasteiger partial charge in [0.05, 0.1) is 16.6 Å². The Morgan fingerprint density at radius 1 is 0.931 bits per heavy atom. The fourth-order valence-corrected chi connectivity index (χ4v) is 4.17. The molecule has 1 atom stereocenters. The Bertz CT molecular complexity index is 1080. The second-order valence-corrected chi connectivity index (χ2v) is 8.48. The molecule has 0 aliphatic carbocycles. The molecule has 3 rings (SSSR count). The molecule has 0 spiro atoms. The van der Waals surface area contributed by atoms with E-state index < -0.39 is 10.0 Å². The highest BCUT2D eigenvalue weighted by molar-refractivity contribution is 7.92. The van der Waals surface area contributed by atoms with Crippen LogP contribution in [0, 0.1) is 6.92 Å². The first-order valence-corrected chi connectivity index (χ1v) is 10.9. The highest BCUT2D eigenvalue weighted by Crippen LogP contribution is 2.22. The van der Waals surface area contributed by atoms with Crippen molar-refractivity contribution in [2.45, 2.75) is 31.2 Å². The zero-order valence-electron chi connectivity index (χ0n) is 16.4. The van der Waals surface area contributed by atoms with Gasteiger partial charge in [-0.1, -0.05) is 61.5 Å². The van der Waals surface area contributed by atoms with E-state index in [1.165, 1.54) is 12.1 Å². The normalized spacial score (nSPS) is 12.2. The first-order valence-electron chi connectivity index (χ1n) is 9.45. The zero-order chi connectivity index (χ0) is 20.9. The lowest BCUT2D eigenvalue weighted by Gasteiger charge is -2.18. The van der Waals surface area contributed by atoms with E-state index >= 15 is 0 Å². The summed E-state index contributed by atoms with van der Waals surface area (Å²) in [4.78, 5) is 13.0. The molecule has 0 saturated carbocycles. The number of amides is 1. The number of aryl methyl sites for hydroxylation is 1. The summed E-state index contributed by atoms with van der Waals surface area (Å²) in [7, 11) is -3.73. The minimum atomic E-state index is -3.73. The summed E-state index contributed by atoms with van der Waals surface area (Å²) in [6, 6.07) is 22.8. The van der Waals surface area contributed by atoms with Gasteiger partial charge in [-0.05, 0) is 48.7 Å². The molecular formula is C23H24N2O3S. The van der Waals surface area contributed by atoms with Crippen LogP contribution in [-0.2, 0) is 10.0 Å². The maximum absolute atomic E-state index is 12.8. The van der Waals surface area contributed by atoms with Crippen molar-refractivity contribution in [3.63, 3.8) is 0 Å². The molecule has 0 aliphatic rings. The van der Waals surface area contributed by atoms with Crippen LogP contribution in [0.2, 0.25) is 0 Å². The Labute approximate surface area is 171 Å². The summed E-state index contributed by atoms with van der Waals surface area (Å²) in [5.41, 5.74) is 2.54. The number of sulfonamides is 1. The number of carbonyl (C=O) groups is 1. The SMILES string of the molecule is CCC(NC(=O)c1ccc(C)c(NS(=O)(=O)c2ccccc2)c1)c1ccccc1. The minimum absolute atomic E-state index is 0.116. The van der Waals surface area contributed by atoms with E-state index in [-0.39, 0.29) is 16.8 Å². The van der Waals surface area contributed by atoms with Crippen LogP contribution in [0.1, 0.15) is 40.9 Å². The van der Waals surface area contributed by atoms with E-state index in [1.54, 1.807) is 43.3 Å². The molecule has 0 fully saturated rings. The first-order chi connectivity index (χ1) is 13.9. The number of rotatable bonds is 7. The van der Waals surface area contributed by atoms with Crippen molar-refractivity contribution >= 4 is 21.6 Å². The number of hydrogen-bond donors (Lipinski definition) is 2. The maximum Gasteiger partial charge on any atom is 0.261 e. The second-order valence-electron chi connectivity index (χ2n) is 6.79. The first kappa shape index (κ1) is 20.6. The van der Waals surface area contributed by atoms with Crippen LogP contribution < -0.4 is 10.0 Å². The summed E-state index contributed by atoms with van der Waals surface area (Å²) in [5, 5.41) is 3.02. The Balaban J connectivity index is 1.82. The van der Waals surface area contributed by atoms with Gasteiger partial charge in [0.1, 0.15) is 0 Å². The molecule has 1 unspecified atom stereocenters. The predicted molar refractivity (Wildman–Crippen MR) is 115 cm³/mol. The molecule has 0 radical (unpaired) electrons. The highest BCUT2D eigenvalue weighted by atomic mass is 32.2. The number of nitrogens with one attached hydrogen (secondary N) is 2. The van der Waals surface area contributed by atoms with Crippen molar-refractivity contribution in [1.82, 2.24) is 5.32 Å². The van der Waals surface area contributed by atoms with E-state index in [1.807, 2.05) is 37.3 Å². The molecular weight excluding hydrogens is 384 g/mol. The van der Waals surface area contributed by atoms with Gasteiger partial charge in [0.2, 0.25) is 0 Å². The number of hydrogen-bond acceptors (Lipinski definition) is 3. The third-order valence-electron chi connectivity index (χ3n) is 4.71. The number of anilines is 1. The van der Waals surface area contributed by atoms with Crippen LogP contribution in [0.3, 0.4) is 0 Å². The van der Waals surface area contributed by atoms with Crippen LogP contribution in [-0.4, -0.2) is 14.3 Å². The molecule has 1 amide bonds. The van der Waals surface area contributed by atoms with Crippen LogP contribution in [0.15, 0.2) is 83.8 Å². The molecule has 0 saturated heterocycles. The van der Waals surface area contributed by atoms with Crippen molar-refractivity contribution < 1.29 is 13.2 Å². The van der Waals surface area contributed by atoms with Crippen molar-refractivity contribution in [1.29, 1.82) is 0 Å². The molecule has 3 aromatic carbocycles. The Kier molecular flexibility index (Phi) is 6.34. The molecule has 6 heteroatoms. The smallest absolute Gasteiger partial charge is 0.261 e. The average molecular weight is 409 g/mol. The van der Waals surface area contributed by atoms with Gasteiger partial charge in [-0.15, -0.1) is 0 Å². The Morgan fingerprint density at radius 3 is 2.17 bits per heavy atom. The lowest BCUT2D eigenvalue weighted by molar-refractivity contribution is 0.0935. The average Bonchev–Trinajstić information content (AvgIpc) is 2.74. The molecule has 0 bridgehead atoms. The fraction of sp³-hybridized carbons (Fsp3) is 0.174. The second kappa shape index (κ2) is 8.92.